The van der Waals surface area contributed by atoms with Gasteiger partial charge in [0.15, 0.2) is 0 Å². The molecule has 0 heterocycles. The highest BCUT2D eigenvalue weighted by Crippen LogP contribution is 2.58. The Morgan fingerprint density at radius 3 is 1.57 bits per heavy atom. The van der Waals surface area contributed by atoms with Gasteiger partial charge in [0.2, 0.25) is 0 Å². The number of rotatable bonds is 2. The lowest BCUT2D eigenvalue weighted by atomic mass is 9.67. The molecule has 0 saturated heterocycles. The number of aromatic hydroxyl groups is 2. The number of phenolic OH excluding ortho intramolecular Hbond substituents is 2. The van der Waals surface area contributed by atoms with Gasteiger partial charge in [0.1, 0.15) is 11.5 Å². The van der Waals surface area contributed by atoms with Crippen LogP contribution in [0.25, 0.3) is 43.4 Å². The fourth-order valence-electron chi connectivity index (χ4n) is 6.77. The highest BCUT2D eigenvalue weighted by molar-refractivity contribution is 6.04. The van der Waals surface area contributed by atoms with Gasteiger partial charge in [-0.25, -0.2) is 0 Å². The van der Waals surface area contributed by atoms with Crippen LogP contribution >= 0.6 is 0 Å². The summed E-state index contributed by atoms with van der Waals surface area (Å²) < 4.78 is 0. The third kappa shape index (κ3) is 4.59. The predicted molar refractivity (Wildman–Crippen MR) is 187 cm³/mol. The molecule has 44 heavy (non-hydrogen) atoms. The van der Waals surface area contributed by atoms with E-state index in [9.17, 15) is 10.2 Å². The Bertz CT molecular complexity index is 2040. The second kappa shape index (κ2) is 11.9. The van der Waals surface area contributed by atoms with Gasteiger partial charge >= 0.3 is 0 Å². The smallest absolute Gasteiger partial charge is 0.116 e. The Hall–Kier alpha value is -5.08. The summed E-state index contributed by atoms with van der Waals surface area (Å²) in [5.74, 6) is 0.538. The van der Waals surface area contributed by atoms with Crippen LogP contribution in [0.2, 0.25) is 0 Å². The quantitative estimate of drug-likeness (QED) is 0.216. The first kappa shape index (κ1) is 29.0. The van der Waals surface area contributed by atoms with E-state index in [1.807, 2.05) is 38.1 Å². The molecule has 1 aliphatic rings. The molecule has 0 atom stereocenters. The topological polar surface area (TPSA) is 40.5 Å². The lowest BCUT2D eigenvalue weighted by Crippen LogP contribution is -2.28. The maximum atomic E-state index is 10.1. The summed E-state index contributed by atoms with van der Waals surface area (Å²) in [7, 11) is 0. The van der Waals surface area contributed by atoms with Crippen LogP contribution in [0.5, 0.6) is 11.5 Å². The van der Waals surface area contributed by atoms with Gasteiger partial charge in [-0.3, -0.25) is 0 Å². The summed E-state index contributed by atoms with van der Waals surface area (Å²) >= 11 is 0. The van der Waals surface area contributed by atoms with Crippen LogP contribution in [0.15, 0.2) is 133 Å². The number of phenols is 2. The van der Waals surface area contributed by atoms with Gasteiger partial charge in [0.25, 0.3) is 0 Å². The first-order valence-corrected chi connectivity index (χ1v) is 15.6. The van der Waals surface area contributed by atoms with Crippen LogP contribution in [0.3, 0.4) is 0 Å². The van der Waals surface area contributed by atoms with Crippen molar-refractivity contribution in [3.05, 3.63) is 156 Å². The van der Waals surface area contributed by atoms with Crippen LogP contribution in [-0.4, -0.2) is 10.2 Å². The van der Waals surface area contributed by atoms with E-state index in [-0.39, 0.29) is 11.5 Å². The Morgan fingerprint density at radius 1 is 0.477 bits per heavy atom. The van der Waals surface area contributed by atoms with Crippen molar-refractivity contribution < 1.29 is 10.2 Å². The Kier molecular flexibility index (Phi) is 7.84. The van der Waals surface area contributed by atoms with Crippen LogP contribution in [0, 0.1) is 0 Å². The van der Waals surface area contributed by atoms with Crippen molar-refractivity contribution in [2.75, 3.05) is 0 Å². The summed E-state index contributed by atoms with van der Waals surface area (Å²) in [5, 5.41) is 26.9. The maximum absolute atomic E-state index is 10.1. The van der Waals surface area contributed by atoms with Gasteiger partial charge in [-0.1, -0.05) is 131 Å². The minimum absolute atomic E-state index is 0.269. The molecule has 1 aliphatic carbocycles. The van der Waals surface area contributed by atoms with E-state index in [2.05, 4.69) is 111 Å². The van der Waals surface area contributed by atoms with Gasteiger partial charge in [0, 0.05) is 0 Å². The Balaban J connectivity index is 0.000000649. The third-order valence-corrected chi connectivity index (χ3v) is 8.45. The molecule has 2 N–H and O–H groups in total. The molecule has 0 bridgehead atoms. The molecule has 8 rings (SSSR count). The summed E-state index contributed by atoms with van der Waals surface area (Å²) in [6, 6.07) is 46.3. The third-order valence-electron chi connectivity index (χ3n) is 8.45. The molecular weight excluding hydrogens is 536 g/mol. The molecule has 2 heteroatoms. The fourth-order valence-corrected chi connectivity index (χ4v) is 6.77. The standard InChI is InChI=1S/C37H24O2.C3H8.C2H6/c38-30-16-11-24-19-28(14-9-26(24)21-30)37(29-15-10-27-22-31(39)17-12-25(27)20-29)34-8-4-3-7-33(34)36-32-6-2-1-5-23(32)13-18-35(36)37;1-3-2;1-2/h1-22,38-39H;3H2,1-2H3;1-2H3. The molecule has 7 aromatic carbocycles. The SMILES string of the molecule is CC.CCC.Oc1ccc2cc(C3(c4ccc5cc(O)ccc5c4)c4ccccc4-c4c3ccc3ccccc43)ccc2c1. The van der Waals surface area contributed by atoms with Crippen molar-refractivity contribution >= 4 is 32.3 Å². The van der Waals surface area contributed by atoms with Gasteiger partial charge in [-0.2, -0.15) is 0 Å². The predicted octanol–water partition coefficient (Wildman–Crippen LogP) is 11.4. The van der Waals surface area contributed by atoms with Gasteiger partial charge in [-0.05, 0) is 102 Å². The molecule has 0 amide bonds. The minimum Gasteiger partial charge on any atom is -0.508 e. The number of benzene rings is 7. The van der Waals surface area contributed by atoms with Gasteiger partial charge < -0.3 is 10.2 Å². The van der Waals surface area contributed by atoms with Crippen molar-refractivity contribution in [3.8, 4) is 22.6 Å². The van der Waals surface area contributed by atoms with Crippen molar-refractivity contribution in [1.29, 1.82) is 0 Å². The normalized spacial score (nSPS) is 12.5. The lowest BCUT2D eigenvalue weighted by Gasteiger charge is -2.34. The molecule has 0 fully saturated rings. The second-order valence-corrected chi connectivity index (χ2v) is 11.2. The Labute approximate surface area is 259 Å². The molecule has 0 radical (unpaired) electrons. The van der Waals surface area contributed by atoms with E-state index in [1.54, 1.807) is 12.1 Å². The number of hydrogen-bond donors (Lipinski definition) is 2. The summed E-state index contributed by atoms with van der Waals surface area (Å²) in [6.07, 6.45) is 1.25. The lowest BCUT2D eigenvalue weighted by molar-refractivity contribution is 0.475. The summed E-state index contributed by atoms with van der Waals surface area (Å²) in [5.41, 5.74) is 6.86. The van der Waals surface area contributed by atoms with Crippen LogP contribution in [0.1, 0.15) is 56.4 Å². The van der Waals surface area contributed by atoms with Crippen molar-refractivity contribution in [1.82, 2.24) is 0 Å². The minimum atomic E-state index is -0.548. The highest BCUT2D eigenvalue weighted by atomic mass is 16.3. The van der Waals surface area contributed by atoms with E-state index in [1.165, 1.54) is 50.6 Å². The van der Waals surface area contributed by atoms with E-state index in [0.29, 0.717) is 0 Å². The molecule has 2 nitrogen and oxygen atoms in total. The monoisotopic (exact) mass is 574 g/mol. The Morgan fingerprint density at radius 2 is 0.955 bits per heavy atom. The number of fused-ring (bicyclic) bond motifs is 7. The van der Waals surface area contributed by atoms with Crippen molar-refractivity contribution in [2.24, 2.45) is 0 Å². The largest absolute Gasteiger partial charge is 0.508 e. The van der Waals surface area contributed by atoms with E-state index < -0.39 is 5.41 Å². The van der Waals surface area contributed by atoms with Crippen LogP contribution < -0.4 is 0 Å². The molecule has 0 aromatic heterocycles. The maximum Gasteiger partial charge on any atom is 0.116 e. The average Bonchev–Trinajstić information content (AvgIpc) is 3.37. The number of hydrogen-bond acceptors (Lipinski definition) is 2. The summed E-state index contributed by atoms with van der Waals surface area (Å²) in [6.45, 7) is 8.25. The zero-order valence-corrected chi connectivity index (χ0v) is 25.8. The van der Waals surface area contributed by atoms with E-state index in [0.717, 1.165) is 21.5 Å². The second-order valence-electron chi connectivity index (χ2n) is 11.2. The van der Waals surface area contributed by atoms with E-state index >= 15 is 0 Å². The molecule has 0 aliphatic heterocycles. The van der Waals surface area contributed by atoms with Gasteiger partial charge in [0.05, 0.1) is 5.41 Å². The summed E-state index contributed by atoms with van der Waals surface area (Å²) in [4.78, 5) is 0. The highest BCUT2D eigenvalue weighted by Gasteiger charge is 2.46. The van der Waals surface area contributed by atoms with Gasteiger partial charge in [-0.15, -0.1) is 0 Å². The van der Waals surface area contributed by atoms with E-state index in [4.69, 9.17) is 0 Å². The van der Waals surface area contributed by atoms with Crippen LogP contribution in [0.4, 0.5) is 0 Å². The zero-order valence-electron chi connectivity index (χ0n) is 25.8. The fraction of sp³-hybridized carbons (Fsp3) is 0.143. The molecule has 218 valence electrons. The molecule has 0 saturated carbocycles. The first-order valence-electron chi connectivity index (χ1n) is 15.6. The van der Waals surface area contributed by atoms with Crippen molar-refractivity contribution in [3.63, 3.8) is 0 Å². The zero-order chi connectivity index (χ0) is 30.8. The van der Waals surface area contributed by atoms with Crippen molar-refractivity contribution in [2.45, 2.75) is 39.5 Å². The molecular formula is C42H38O2. The van der Waals surface area contributed by atoms with Crippen LogP contribution in [-0.2, 0) is 5.41 Å². The molecule has 0 unspecified atom stereocenters. The average molecular weight is 575 g/mol. The first-order chi connectivity index (χ1) is 21.5. The molecule has 7 aromatic rings. The molecule has 0 spiro atoms.